The molecule has 8 aromatic carbocycles. The van der Waals surface area contributed by atoms with Crippen LogP contribution in [0.5, 0.6) is 0 Å². The van der Waals surface area contributed by atoms with Crippen molar-refractivity contribution in [2.75, 3.05) is 0 Å². The molecule has 14 rings (SSSR count). The van der Waals surface area contributed by atoms with Crippen molar-refractivity contribution in [2.45, 2.75) is 0 Å². The summed E-state index contributed by atoms with van der Waals surface area (Å²) in [4.78, 5) is 12.2. The van der Waals surface area contributed by atoms with E-state index in [2.05, 4.69) is 161 Å². The maximum Gasteiger partial charge on any atom is 0.0552 e. The largest absolute Gasteiger partial charge is 0.354 e. The number of hydrogen-bond acceptors (Lipinski definition) is 2. The van der Waals surface area contributed by atoms with Crippen molar-refractivity contribution in [1.82, 2.24) is 15.0 Å². The van der Waals surface area contributed by atoms with Crippen LogP contribution >= 0.6 is 22.7 Å². The highest BCUT2D eigenvalue weighted by Crippen LogP contribution is 2.51. The van der Waals surface area contributed by atoms with Crippen LogP contribution in [0, 0.1) is 0 Å². The molecule has 6 heterocycles. The normalized spacial score (nSPS) is 12.7. The van der Waals surface area contributed by atoms with Gasteiger partial charge in [-0.15, -0.1) is 22.7 Å². The molecule has 14 aromatic rings. The van der Waals surface area contributed by atoms with Crippen molar-refractivity contribution < 1.29 is 0 Å². The number of hydrogen-bond donors (Lipinski definition) is 3. The fourth-order valence-corrected chi connectivity index (χ4v) is 12.3. The van der Waals surface area contributed by atoms with Gasteiger partial charge in [0.05, 0.1) is 27.6 Å². The van der Waals surface area contributed by atoms with Crippen LogP contribution in [0.2, 0.25) is 0 Å². The van der Waals surface area contributed by atoms with Crippen molar-refractivity contribution in [3.63, 3.8) is 0 Å². The molecule has 6 bridgehead atoms. The minimum absolute atomic E-state index is 1.13. The van der Waals surface area contributed by atoms with Crippen molar-refractivity contribution in [3.8, 4) is 0 Å². The summed E-state index contributed by atoms with van der Waals surface area (Å²) in [5.41, 5.74) is 7.06. The van der Waals surface area contributed by atoms with E-state index in [4.69, 9.17) is 0 Å². The lowest BCUT2D eigenvalue weighted by Gasteiger charge is -2.06. The van der Waals surface area contributed by atoms with Gasteiger partial charge in [0.2, 0.25) is 0 Å². The van der Waals surface area contributed by atoms with Gasteiger partial charge >= 0.3 is 0 Å². The molecule has 55 heavy (non-hydrogen) atoms. The van der Waals surface area contributed by atoms with Crippen molar-refractivity contribution in [2.24, 2.45) is 0 Å². The molecule has 0 fully saturated rings. The van der Waals surface area contributed by atoms with Crippen molar-refractivity contribution in [3.05, 3.63) is 146 Å². The number of aromatic nitrogens is 3. The van der Waals surface area contributed by atoms with Crippen LogP contribution in [0.15, 0.2) is 146 Å². The lowest BCUT2D eigenvalue weighted by molar-refractivity contribution is 1.56. The molecule has 5 heteroatoms. The van der Waals surface area contributed by atoms with Gasteiger partial charge in [-0.25, -0.2) is 0 Å². The number of H-pyrrole nitrogens is 3. The topological polar surface area (TPSA) is 47.4 Å². The van der Waals surface area contributed by atoms with Crippen LogP contribution in [-0.4, -0.2) is 15.0 Å². The molecule has 0 atom stereocenters. The van der Waals surface area contributed by atoms with Crippen LogP contribution in [0.25, 0.3) is 138 Å². The summed E-state index contributed by atoms with van der Waals surface area (Å²) in [7, 11) is 0. The maximum atomic E-state index is 4.09. The molecule has 6 aromatic heterocycles. The molecule has 0 radical (unpaired) electrons. The molecule has 3 N–H and O–H groups in total. The van der Waals surface area contributed by atoms with Crippen molar-refractivity contribution >= 4 is 161 Å². The van der Waals surface area contributed by atoms with Crippen LogP contribution < -0.4 is 0 Å². The van der Waals surface area contributed by atoms with Crippen molar-refractivity contribution in [1.29, 1.82) is 0 Å². The molecule has 0 aliphatic carbocycles. The quantitative estimate of drug-likeness (QED) is 0.139. The van der Waals surface area contributed by atoms with Gasteiger partial charge in [-0.1, -0.05) is 121 Å². The average Bonchev–Trinajstić information content (AvgIpc) is 4.08. The lowest BCUT2D eigenvalue weighted by atomic mass is 9.95. The first-order chi connectivity index (χ1) is 27.3. The Hall–Kier alpha value is -6.66. The lowest BCUT2D eigenvalue weighted by Crippen LogP contribution is -1.80. The summed E-state index contributed by atoms with van der Waals surface area (Å²) in [6, 6.07) is 54.2. The molecule has 0 amide bonds. The van der Waals surface area contributed by atoms with Crippen LogP contribution in [0.4, 0.5) is 0 Å². The Labute approximate surface area is 319 Å². The molecule has 0 saturated heterocycles. The summed E-state index contributed by atoms with van der Waals surface area (Å²) in [6.45, 7) is 0. The van der Waals surface area contributed by atoms with Crippen LogP contribution in [0.1, 0.15) is 0 Å². The minimum Gasteiger partial charge on any atom is -0.354 e. The number of fused-ring (bicyclic) bond motifs is 19. The summed E-state index contributed by atoms with van der Waals surface area (Å²) in [6.07, 6.45) is 0. The molecule has 0 aliphatic rings. The van der Waals surface area contributed by atoms with Gasteiger partial charge in [0, 0.05) is 110 Å². The number of nitrogens with one attached hydrogen (secondary N) is 3. The standard InChI is InChI=1S/C50H27N3S2/c1-2-12-26-25(11-1)37-23-35-41-43-44-42-36-24-40(28-14-4-3-13-27(28)39-22-21-38(26)54-39)55-50(36)34-20-10-9-19-33(34)47(42)53-49(44)32-18-8-7-17-31(32)48(43)52-46(41)30-16-6-5-15-29(30)45(35)51-37/h1-24,51-53H. The van der Waals surface area contributed by atoms with Gasteiger partial charge in [0.15, 0.2) is 0 Å². The van der Waals surface area contributed by atoms with E-state index in [0.29, 0.717) is 0 Å². The monoisotopic (exact) mass is 733 g/mol. The highest BCUT2D eigenvalue weighted by atomic mass is 32.1. The zero-order chi connectivity index (χ0) is 35.5. The Balaban J connectivity index is 1.39. The van der Waals surface area contributed by atoms with Gasteiger partial charge < -0.3 is 15.0 Å². The van der Waals surface area contributed by atoms with E-state index in [1.165, 1.54) is 133 Å². The SMILES string of the molecule is c1ccc2c3ccc(s3)c3ccccc3c3cc4c(s3)c3ccccc3c3[nH]c5c6ccccc6c6[nH]c7c8ccccc8c8[nH]c(cc8c7c6c5c43)c2c1. The van der Waals surface area contributed by atoms with Gasteiger partial charge in [0.1, 0.15) is 0 Å². The second kappa shape index (κ2) is 10.1. The van der Waals surface area contributed by atoms with Gasteiger partial charge in [-0.3, -0.25) is 0 Å². The maximum absolute atomic E-state index is 4.09. The smallest absolute Gasteiger partial charge is 0.0552 e. The second-order valence-corrected chi connectivity index (χ2v) is 17.1. The molecule has 0 aliphatic heterocycles. The fourth-order valence-electron chi connectivity index (χ4n) is 9.98. The summed E-state index contributed by atoms with van der Waals surface area (Å²) in [5, 5.41) is 20.1. The third-order valence-electron chi connectivity index (χ3n) is 12.3. The molecule has 0 unspecified atom stereocenters. The molecular formula is C50H27N3S2. The molecule has 0 saturated carbocycles. The van der Waals surface area contributed by atoms with E-state index in [1.54, 1.807) is 0 Å². The zero-order valence-corrected chi connectivity index (χ0v) is 30.8. The first-order valence-electron chi connectivity index (χ1n) is 18.8. The number of benzene rings is 8. The van der Waals surface area contributed by atoms with Crippen LogP contribution in [0.3, 0.4) is 0 Å². The highest BCUT2D eigenvalue weighted by Gasteiger charge is 2.24. The third kappa shape index (κ3) is 3.56. The fraction of sp³-hybridized carbons (Fsp3) is 0. The first kappa shape index (κ1) is 28.8. The van der Waals surface area contributed by atoms with E-state index in [-0.39, 0.29) is 0 Å². The van der Waals surface area contributed by atoms with E-state index in [0.717, 1.165) is 5.52 Å². The zero-order valence-electron chi connectivity index (χ0n) is 29.2. The number of rotatable bonds is 0. The van der Waals surface area contributed by atoms with Gasteiger partial charge in [0.25, 0.3) is 0 Å². The Morgan fingerprint density at radius 3 is 1.27 bits per heavy atom. The Kier molecular flexibility index (Phi) is 5.29. The average molecular weight is 734 g/mol. The third-order valence-corrected chi connectivity index (χ3v) is 14.6. The molecule has 3 nitrogen and oxygen atoms in total. The number of thiophene rings is 2. The first-order valence-corrected chi connectivity index (χ1v) is 20.4. The Morgan fingerprint density at radius 2 is 0.691 bits per heavy atom. The van der Waals surface area contributed by atoms with Gasteiger partial charge in [-0.2, -0.15) is 0 Å². The molecule has 0 spiro atoms. The summed E-state index contributed by atoms with van der Waals surface area (Å²) < 4.78 is 5.16. The van der Waals surface area contributed by atoms with E-state index in [1.807, 2.05) is 22.7 Å². The second-order valence-electron chi connectivity index (χ2n) is 15.0. The van der Waals surface area contributed by atoms with E-state index in [9.17, 15) is 0 Å². The summed E-state index contributed by atoms with van der Waals surface area (Å²) in [5.74, 6) is 0. The summed E-state index contributed by atoms with van der Waals surface area (Å²) >= 11 is 3.80. The van der Waals surface area contributed by atoms with Crippen LogP contribution in [-0.2, 0) is 0 Å². The highest BCUT2D eigenvalue weighted by molar-refractivity contribution is 7.27. The van der Waals surface area contributed by atoms with E-state index < -0.39 is 0 Å². The Bertz CT molecular complexity index is 3800. The van der Waals surface area contributed by atoms with Gasteiger partial charge in [-0.05, 0) is 24.3 Å². The Morgan fingerprint density at radius 1 is 0.273 bits per heavy atom. The molecular weight excluding hydrogens is 707 g/mol. The predicted molar refractivity (Wildman–Crippen MR) is 242 cm³/mol. The molecule has 254 valence electrons. The van der Waals surface area contributed by atoms with E-state index >= 15 is 0 Å². The number of aromatic amines is 3. The predicted octanol–water partition coefficient (Wildman–Crippen LogP) is 15.3. The minimum atomic E-state index is 1.13.